The summed E-state index contributed by atoms with van der Waals surface area (Å²) in [4.78, 5) is 17.5. The predicted molar refractivity (Wildman–Crippen MR) is 105 cm³/mol. The minimum atomic E-state index is 0.229. The van der Waals surface area contributed by atoms with E-state index < -0.39 is 0 Å². The smallest absolute Gasteiger partial charge is 0.225 e. The molecular formula is C22H29N3O. The van der Waals surface area contributed by atoms with E-state index in [2.05, 4.69) is 70.1 Å². The van der Waals surface area contributed by atoms with E-state index >= 15 is 0 Å². The normalized spacial score (nSPS) is 23.9. The van der Waals surface area contributed by atoms with Gasteiger partial charge < -0.3 is 14.4 Å². The maximum absolute atomic E-state index is 12.9. The largest absolute Gasteiger partial charge is 0.368 e. The first-order valence-electron chi connectivity index (χ1n) is 9.93. The molecular weight excluding hydrogens is 322 g/mol. The first-order valence-corrected chi connectivity index (χ1v) is 9.93. The minimum Gasteiger partial charge on any atom is -0.368 e. The van der Waals surface area contributed by atoms with Gasteiger partial charge in [0.2, 0.25) is 5.91 Å². The molecule has 0 radical (unpaired) electrons. The molecule has 0 unspecified atom stereocenters. The molecule has 138 valence electrons. The summed E-state index contributed by atoms with van der Waals surface area (Å²) in [7, 11) is 0. The van der Waals surface area contributed by atoms with Gasteiger partial charge in [-0.1, -0.05) is 12.1 Å². The number of carbonyl (C=O) groups is 1. The molecule has 2 fully saturated rings. The van der Waals surface area contributed by atoms with Crippen molar-refractivity contribution in [3.63, 3.8) is 0 Å². The van der Waals surface area contributed by atoms with Crippen LogP contribution in [0.1, 0.15) is 37.3 Å². The Morgan fingerprint density at radius 2 is 1.62 bits per heavy atom. The van der Waals surface area contributed by atoms with Gasteiger partial charge in [0.25, 0.3) is 0 Å². The lowest BCUT2D eigenvalue weighted by atomic mass is 9.85. The molecule has 4 heteroatoms. The molecule has 0 bridgehead atoms. The third kappa shape index (κ3) is 3.64. The van der Waals surface area contributed by atoms with Gasteiger partial charge in [0.15, 0.2) is 0 Å². The lowest BCUT2D eigenvalue weighted by Gasteiger charge is -2.39. The predicted octanol–water partition coefficient (Wildman–Crippen LogP) is 3.88. The number of anilines is 1. The summed E-state index contributed by atoms with van der Waals surface area (Å²) in [6.45, 7) is 5.71. The summed E-state index contributed by atoms with van der Waals surface area (Å²) in [6.07, 6.45) is 8.59. The number of amides is 1. The van der Waals surface area contributed by atoms with Crippen molar-refractivity contribution in [1.82, 2.24) is 9.47 Å². The van der Waals surface area contributed by atoms with E-state index in [0.717, 1.165) is 51.9 Å². The van der Waals surface area contributed by atoms with Crippen molar-refractivity contribution in [2.24, 2.45) is 5.92 Å². The molecule has 0 atom stereocenters. The molecule has 4 rings (SSSR count). The first-order chi connectivity index (χ1) is 12.7. The van der Waals surface area contributed by atoms with Gasteiger partial charge in [-0.15, -0.1) is 0 Å². The Kier molecular flexibility index (Phi) is 5.00. The highest BCUT2D eigenvalue weighted by atomic mass is 16.2. The number of hydrogen-bond acceptors (Lipinski definition) is 2. The van der Waals surface area contributed by atoms with Crippen molar-refractivity contribution in [1.29, 1.82) is 0 Å². The van der Waals surface area contributed by atoms with Crippen LogP contribution in [0, 0.1) is 12.8 Å². The van der Waals surface area contributed by atoms with Crippen LogP contribution in [0.15, 0.2) is 48.8 Å². The highest BCUT2D eigenvalue weighted by Crippen LogP contribution is 2.33. The highest BCUT2D eigenvalue weighted by molar-refractivity contribution is 5.79. The van der Waals surface area contributed by atoms with Crippen LogP contribution >= 0.6 is 0 Å². The van der Waals surface area contributed by atoms with Crippen LogP contribution in [0.4, 0.5) is 5.69 Å². The van der Waals surface area contributed by atoms with Gasteiger partial charge in [0.1, 0.15) is 0 Å². The molecule has 2 heterocycles. The third-order valence-electron chi connectivity index (χ3n) is 6.05. The quantitative estimate of drug-likeness (QED) is 0.840. The summed E-state index contributed by atoms with van der Waals surface area (Å²) in [6, 6.07) is 13.4. The number of aromatic nitrogens is 1. The lowest BCUT2D eigenvalue weighted by Crippen LogP contribution is -2.50. The van der Waals surface area contributed by atoms with Gasteiger partial charge in [-0.2, -0.15) is 0 Å². The molecule has 0 N–H and O–H groups in total. The maximum atomic E-state index is 12.9. The fourth-order valence-electron chi connectivity index (χ4n) is 4.48. The number of benzene rings is 1. The SMILES string of the molecule is Cc1cccc(N2CCN(C(=O)C3CCC(n4cccc4)CC3)CC2)c1. The van der Waals surface area contributed by atoms with Gasteiger partial charge in [0, 0.05) is 56.2 Å². The van der Waals surface area contributed by atoms with Gasteiger partial charge in [-0.25, -0.2) is 0 Å². The average molecular weight is 351 g/mol. The number of piperazine rings is 1. The van der Waals surface area contributed by atoms with Gasteiger partial charge in [-0.05, 0) is 62.4 Å². The van der Waals surface area contributed by atoms with Crippen LogP contribution in [0.2, 0.25) is 0 Å². The monoisotopic (exact) mass is 351 g/mol. The highest BCUT2D eigenvalue weighted by Gasteiger charge is 2.31. The van der Waals surface area contributed by atoms with Gasteiger partial charge in [0.05, 0.1) is 0 Å². The van der Waals surface area contributed by atoms with Crippen LogP contribution in [-0.4, -0.2) is 41.6 Å². The zero-order chi connectivity index (χ0) is 17.9. The Balaban J connectivity index is 1.29. The summed E-state index contributed by atoms with van der Waals surface area (Å²) < 4.78 is 2.31. The van der Waals surface area contributed by atoms with E-state index in [1.165, 1.54) is 11.3 Å². The Bertz CT molecular complexity index is 724. The molecule has 1 amide bonds. The Labute approximate surface area is 156 Å². The molecule has 1 aliphatic heterocycles. The van der Waals surface area contributed by atoms with E-state index in [0.29, 0.717) is 11.9 Å². The molecule has 1 aromatic carbocycles. The second-order valence-corrected chi connectivity index (χ2v) is 7.79. The number of nitrogens with zero attached hydrogens (tertiary/aromatic N) is 3. The topological polar surface area (TPSA) is 28.5 Å². The molecule has 4 nitrogen and oxygen atoms in total. The van der Waals surface area contributed by atoms with E-state index in [1.54, 1.807) is 0 Å². The average Bonchev–Trinajstić information content (AvgIpc) is 3.23. The van der Waals surface area contributed by atoms with E-state index in [4.69, 9.17) is 0 Å². The Morgan fingerprint density at radius 1 is 0.923 bits per heavy atom. The van der Waals surface area contributed by atoms with Crippen molar-refractivity contribution < 1.29 is 4.79 Å². The van der Waals surface area contributed by atoms with Crippen LogP contribution < -0.4 is 4.90 Å². The van der Waals surface area contributed by atoms with Crippen LogP contribution in [0.3, 0.4) is 0 Å². The zero-order valence-corrected chi connectivity index (χ0v) is 15.7. The van der Waals surface area contributed by atoms with Crippen molar-refractivity contribution in [2.45, 2.75) is 38.6 Å². The molecule has 2 aliphatic rings. The Morgan fingerprint density at radius 3 is 2.27 bits per heavy atom. The van der Waals surface area contributed by atoms with Crippen LogP contribution in [-0.2, 0) is 4.79 Å². The summed E-state index contributed by atoms with van der Waals surface area (Å²) in [5.74, 6) is 0.618. The number of hydrogen-bond donors (Lipinski definition) is 0. The van der Waals surface area contributed by atoms with E-state index in [9.17, 15) is 4.79 Å². The van der Waals surface area contributed by atoms with E-state index in [-0.39, 0.29) is 5.92 Å². The molecule has 1 saturated carbocycles. The molecule has 2 aromatic rings. The maximum Gasteiger partial charge on any atom is 0.225 e. The summed E-state index contributed by atoms with van der Waals surface area (Å²) in [5.41, 5.74) is 2.57. The van der Waals surface area contributed by atoms with E-state index in [1.807, 2.05) is 0 Å². The Hall–Kier alpha value is -2.23. The van der Waals surface area contributed by atoms with Crippen LogP contribution in [0.25, 0.3) is 0 Å². The van der Waals surface area contributed by atoms with Gasteiger partial charge in [-0.3, -0.25) is 4.79 Å². The third-order valence-corrected chi connectivity index (χ3v) is 6.05. The number of rotatable bonds is 3. The fourth-order valence-corrected chi connectivity index (χ4v) is 4.48. The van der Waals surface area contributed by atoms with Crippen molar-refractivity contribution in [3.05, 3.63) is 54.4 Å². The second-order valence-electron chi connectivity index (χ2n) is 7.79. The van der Waals surface area contributed by atoms with Crippen LogP contribution in [0.5, 0.6) is 0 Å². The summed E-state index contributed by atoms with van der Waals surface area (Å²) >= 11 is 0. The van der Waals surface area contributed by atoms with Gasteiger partial charge >= 0.3 is 0 Å². The fraction of sp³-hybridized carbons (Fsp3) is 0.500. The molecule has 1 saturated heterocycles. The zero-order valence-electron chi connectivity index (χ0n) is 15.7. The van der Waals surface area contributed by atoms with Crippen molar-refractivity contribution in [2.75, 3.05) is 31.1 Å². The summed E-state index contributed by atoms with van der Waals surface area (Å²) in [5, 5.41) is 0. The molecule has 1 aliphatic carbocycles. The molecule has 26 heavy (non-hydrogen) atoms. The second kappa shape index (κ2) is 7.56. The van der Waals surface area contributed by atoms with Crippen molar-refractivity contribution in [3.8, 4) is 0 Å². The van der Waals surface area contributed by atoms with Crippen molar-refractivity contribution >= 4 is 11.6 Å². The first kappa shape index (κ1) is 17.2. The standard InChI is InChI=1S/C22H29N3O/c1-18-5-4-6-21(17-18)24-13-15-25(16-14-24)22(26)19-7-9-20(10-8-19)23-11-2-3-12-23/h2-6,11-12,17,19-20H,7-10,13-16H2,1H3. The minimum absolute atomic E-state index is 0.229. The number of carbonyl (C=O) groups excluding carboxylic acids is 1. The molecule has 0 spiro atoms. The number of aryl methyl sites for hydroxylation is 1. The lowest BCUT2D eigenvalue weighted by molar-refractivity contribution is -0.137. The molecule has 1 aromatic heterocycles.